The Hall–Kier alpha value is -2.58. The van der Waals surface area contributed by atoms with Gasteiger partial charge in [-0.3, -0.25) is 4.79 Å². The van der Waals surface area contributed by atoms with E-state index in [-0.39, 0.29) is 23.3 Å². The number of sulfonamides is 1. The zero-order valence-corrected chi connectivity index (χ0v) is 21.7. The van der Waals surface area contributed by atoms with Crippen molar-refractivity contribution in [2.45, 2.75) is 57.4 Å². The van der Waals surface area contributed by atoms with Gasteiger partial charge in [-0.25, -0.2) is 12.7 Å². The van der Waals surface area contributed by atoms with Crippen LogP contribution in [-0.4, -0.2) is 46.9 Å². The molecule has 1 N–H and O–H groups in total. The Morgan fingerprint density at radius 2 is 1.64 bits per heavy atom. The van der Waals surface area contributed by atoms with Crippen molar-refractivity contribution >= 4 is 15.9 Å². The van der Waals surface area contributed by atoms with Crippen molar-refractivity contribution in [3.05, 3.63) is 52.6 Å². The molecule has 0 aromatic heterocycles. The topological polar surface area (TPSA) is 84.9 Å². The number of nitrogens with one attached hydrogen (secondary N) is 1. The molecule has 0 aliphatic rings. The van der Waals surface area contributed by atoms with Crippen LogP contribution in [0.1, 0.15) is 61.4 Å². The molecule has 0 fully saturated rings. The van der Waals surface area contributed by atoms with Gasteiger partial charge in [0.2, 0.25) is 15.9 Å². The smallest absolute Gasteiger partial charge is 0.242 e. The molecule has 1 atom stereocenters. The first-order valence-electron chi connectivity index (χ1n) is 11.0. The summed E-state index contributed by atoms with van der Waals surface area (Å²) in [6, 6.07) is 8.65. The van der Waals surface area contributed by atoms with Gasteiger partial charge in [0.25, 0.3) is 0 Å². The van der Waals surface area contributed by atoms with Crippen molar-refractivity contribution in [3.8, 4) is 11.5 Å². The fourth-order valence-corrected chi connectivity index (χ4v) is 4.72. The quantitative estimate of drug-likeness (QED) is 0.556. The second kappa shape index (κ2) is 11.0. The van der Waals surface area contributed by atoms with Crippen molar-refractivity contribution < 1.29 is 22.7 Å². The third-order valence-corrected chi connectivity index (χ3v) is 7.55. The highest BCUT2D eigenvalue weighted by Crippen LogP contribution is 2.32. The standard InChI is InChI=1S/C25H36N2O5S/c1-16(2)21-15-22(17(3)13-24(21)32-8)18(4)26-25(28)12-9-19-14-20(10-11-23(19)31-7)33(29,30)27(5)6/h10-11,13-16,18H,9,12H2,1-8H3,(H,26,28)/t18-/m0/s1. The number of rotatable bonds is 10. The number of aryl methyl sites for hydroxylation is 2. The number of carbonyl (C=O) groups excluding carboxylic acids is 1. The van der Waals surface area contributed by atoms with Gasteiger partial charge in [-0.05, 0) is 78.8 Å². The molecule has 0 radical (unpaired) electrons. The highest BCUT2D eigenvalue weighted by Gasteiger charge is 2.20. The molecule has 7 nitrogen and oxygen atoms in total. The van der Waals surface area contributed by atoms with E-state index in [0.29, 0.717) is 23.7 Å². The molecule has 0 bridgehead atoms. The van der Waals surface area contributed by atoms with Crippen molar-refractivity contribution in [1.82, 2.24) is 9.62 Å². The van der Waals surface area contributed by atoms with Gasteiger partial charge < -0.3 is 14.8 Å². The highest BCUT2D eigenvalue weighted by atomic mass is 32.2. The zero-order valence-electron chi connectivity index (χ0n) is 20.9. The van der Waals surface area contributed by atoms with Crippen molar-refractivity contribution in [2.75, 3.05) is 28.3 Å². The van der Waals surface area contributed by atoms with E-state index < -0.39 is 10.0 Å². The summed E-state index contributed by atoms with van der Waals surface area (Å²) in [6.45, 7) is 8.18. The summed E-state index contributed by atoms with van der Waals surface area (Å²) < 4.78 is 37.0. The molecule has 0 aliphatic heterocycles. The number of carbonyl (C=O) groups is 1. The lowest BCUT2D eigenvalue weighted by Gasteiger charge is -2.21. The maximum atomic E-state index is 12.7. The van der Waals surface area contributed by atoms with Crippen LogP contribution in [0.15, 0.2) is 35.2 Å². The largest absolute Gasteiger partial charge is 0.496 e. The first kappa shape index (κ1) is 26.7. The molecule has 0 saturated heterocycles. The molecule has 0 unspecified atom stereocenters. The van der Waals surface area contributed by atoms with E-state index in [0.717, 1.165) is 26.7 Å². The van der Waals surface area contributed by atoms with Gasteiger partial charge in [0, 0.05) is 20.5 Å². The van der Waals surface area contributed by atoms with Gasteiger partial charge in [-0.15, -0.1) is 0 Å². The average molecular weight is 477 g/mol. The number of ether oxygens (including phenoxy) is 2. The fraction of sp³-hybridized carbons (Fsp3) is 0.480. The minimum Gasteiger partial charge on any atom is -0.496 e. The second-order valence-electron chi connectivity index (χ2n) is 8.66. The van der Waals surface area contributed by atoms with E-state index in [2.05, 4.69) is 25.2 Å². The van der Waals surface area contributed by atoms with Crippen LogP contribution in [0.3, 0.4) is 0 Å². The second-order valence-corrected chi connectivity index (χ2v) is 10.8. The van der Waals surface area contributed by atoms with Crippen molar-refractivity contribution in [2.24, 2.45) is 0 Å². The first-order chi connectivity index (χ1) is 15.4. The normalized spacial score (nSPS) is 12.7. The molecule has 2 aromatic rings. The summed E-state index contributed by atoms with van der Waals surface area (Å²) in [7, 11) is 2.59. The van der Waals surface area contributed by atoms with E-state index in [4.69, 9.17) is 9.47 Å². The van der Waals surface area contributed by atoms with Crippen molar-refractivity contribution in [3.63, 3.8) is 0 Å². The van der Waals surface area contributed by atoms with Crippen LogP contribution >= 0.6 is 0 Å². The summed E-state index contributed by atoms with van der Waals surface area (Å²) in [4.78, 5) is 12.9. The van der Waals surface area contributed by atoms with Crippen molar-refractivity contribution in [1.29, 1.82) is 0 Å². The SMILES string of the molecule is COc1ccc(S(=O)(=O)N(C)C)cc1CCC(=O)N[C@@H](C)c1cc(C(C)C)c(OC)cc1C. The minimum atomic E-state index is -3.57. The summed E-state index contributed by atoms with van der Waals surface area (Å²) in [5, 5.41) is 3.06. The molecule has 1 amide bonds. The molecule has 0 saturated carbocycles. The van der Waals surface area contributed by atoms with Crippen LogP contribution in [-0.2, 0) is 21.2 Å². The molecule has 33 heavy (non-hydrogen) atoms. The molecule has 8 heteroatoms. The van der Waals surface area contributed by atoms with Crippen LogP contribution < -0.4 is 14.8 Å². The first-order valence-corrected chi connectivity index (χ1v) is 12.4. The highest BCUT2D eigenvalue weighted by molar-refractivity contribution is 7.89. The van der Waals surface area contributed by atoms with E-state index in [1.165, 1.54) is 27.3 Å². The van der Waals surface area contributed by atoms with Crippen LogP contribution in [0.4, 0.5) is 0 Å². The Bertz CT molecular complexity index is 1090. The van der Waals surface area contributed by atoms with Gasteiger partial charge in [0.15, 0.2) is 0 Å². The van der Waals surface area contributed by atoms with E-state index in [1.54, 1.807) is 19.2 Å². The van der Waals surface area contributed by atoms with Crippen LogP contribution in [0, 0.1) is 6.92 Å². The predicted molar refractivity (Wildman–Crippen MR) is 131 cm³/mol. The van der Waals surface area contributed by atoms with Gasteiger partial charge in [-0.1, -0.05) is 13.8 Å². The minimum absolute atomic E-state index is 0.119. The molecule has 0 aliphatic carbocycles. The Morgan fingerprint density at radius 1 is 1.00 bits per heavy atom. The Kier molecular flexibility index (Phi) is 8.91. The Balaban J connectivity index is 2.17. The molecule has 2 rings (SSSR count). The molecular weight excluding hydrogens is 440 g/mol. The number of amides is 1. The lowest BCUT2D eigenvalue weighted by atomic mass is 9.93. The summed E-state index contributed by atoms with van der Waals surface area (Å²) in [5.41, 5.74) is 3.87. The number of methoxy groups -OCH3 is 2. The Labute approximate surface area is 198 Å². The lowest BCUT2D eigenvalue weighted by Crippen LogP contribution is -2.27. The van der Waals surface area contributed by atoms with E-state index in [9.17, 15) is 13.2 Å². The molecule has 2 aromatic carbocycles. The van der Waals surface area contributed by atoms with E-state index >= 15 is 0 Å². The summed E-state index contributed by atoms with van der Waals surface area (Å²) >= 11 is 0. The zero-order chi connectivity index (χ0) is 24.9. The predicted octanol–water partition coefficient (Wildman–Crippen LogP) is 4.20. The number of hydrogen-bond acceptors (Lipinski definition) is 5. The number of hydrogen-bond donors (Lipinski definition) is 1. The van der Waals surface area contributed by atoms with Crippen LogP contribution in [0.25, 0.3) is 0 Å². The summed E-state index contributed by atoms with van der Waals surface area (Å²) in [5.74, 6) is 1.58. The molecular formula is C25H36N2O5S. The van der Waals surface area contributed by atoms with E-state index in [1.807, 2.05) is 19.9 Å². The summed E-state index contributed by atoms with van der Waals surface area (Å²) in [6.07, 6.45) is 0.565. The molecule has 182 valence electrons. The lowest BCUT2D eigenvalue weighted by molar-refractivity contribution is -0.121. The average Bonchev–Trinajstić information content (AvgIpc) is 2.76. The number of nitrogens with zero attached hydrogens (tertiary/aromatic N) is 1. The van der Waals surface area contributed by atoms with Crippen LogP contribution in [0.5, 0.6) is 11.5 Å². The van der Waals surface area contributed by atoms with Gasteiger partial charge in [0.1, 0.15) is 11.5 Å². The molecule has 0 heterocycles. The van der Waals surface area contributed by atoms with Gasteiger partial charge in [0.05, 0.1) is 25.2 Å². The van der Waals surface area contributed by atoms with Gasteiger partial charge in [-0.2, -0.15) is 0 Å². The molecule has 0 spiro atoms. The number of benzene rings is 2. The van der Waals surface area contributed by atoms with Gasteiger partial charge >= 0.3 is 0 Å². The van der Waals surface area contributed by atoms with Crippen LogP contribution in [0.2, 0.25) is 0 Å². The monoisotopic (exact) mass is 476 g/mol. The maximum Gasteiger partial charge on any atom is 0.242 e. The Morgan fingerprint density at radius 3 is 2.18 bits per heavy atom. The third kappa shape index (κ3) is 6.26. The third-order valence-electron chi connectivity index (χ3n) is 5.74. The fourth-order valence-electron chi connectivity index (χ4n) is 3.77. The maximum absolute atomic E-state index is 12.7.